The molecule has 0 aliphatic heterocycles. The van der Waals surface area contributed by atoms with E-state index in [0.717, 1.165) is 17.3 Å². The highest BCUT2D eigenvalue weighted by Crippen LogP contribution is 2.35. The first-order valence-corrected chi connectivity index (χ1v) is 6.72. The SMILES string of the molecule is [2H]C([2H])([2H])C(C([2H])([2H])[2H])(C([2H])([2H])[2H])C(O)(CCc1ccc(Cl)cc1)Cn1cncn1. The molecule has 1 unspecified atom stereocenters. The molecule has 5 heteroatoms. The summed E-state index contributed by atoms with van der Waals surface area (Å²) in [7, 11) is 0. The first kappa shape index (κ1) is 7.75. The minimum atomic E-state index is -3.56. The van der Waals surface area contributed by atoms with E-state index in [0.29, 0.717) is 10.6 Å². The fourth-order valence-electron chi connectivity index (χ4n) is 1.97. The molecular formula is C16H22ClN3O. The largest absolute Gasteiger partial charge is 0.387 e. The van der Waals surface area contributed by atoms with Crippen LogP contribution in [0.15, 0.2) is 36.9 Å². The smallest absolute Gasteiger partial charge is 0.137 e. The van der Waals surface area contributed by atoms with Crippen molar-refractivity contribution in [1.82, 2.24) is 14.8 Å². The lowest BCUT2D eigenvalue weighted by molar-refractivity contribution is -0.0796. The molecule has 0 bridgehead atoms. The van der Waals surface area contributed by atoms with Crippen LogP contribution in [0.1, 0.15) is 44.9 Å². The fraction of sp³-hybridized carbons (Fsp3) is 0.500. The molecule has 0 amide bonds. The first-order chi connectivity index (χ1) is 13.6. The summed E-state index contributed by atoms with van der Waals surface area (Å²) in [6.45, 7) is -11.4. The van der Waals surface area contributed by atoms with Crippen molar-refractivity contribution < 1.29 is 17.4 Å². The summed E-state index contributed by atoms with van der Waals surface area (Å²) in [4.78, 5) is 3.71. The van der Waals surface area contributed by atoms with Crippen LogP contribution in [0.5, 0.6) is 0 Å². The maximum atomic E-state index is 11.6. The summed E-state index contributed by atoms with van der Waals surface area (Å²) < 4.78 is 72.4. The van der Waals surface area contributed by atoms with Crippen molar-refractivity contribution in [3.63, 3.8) is 0 Å². The van der Waals surface area contributed by atoms with Crippen molar-refractivity contribution in [3.8, 4) is 0 Å². The van der Waals surface area contributed by atoms with Crippen LogP contribution >= 0.6 is 11.6 Å². The van der Waals surface area contributed by atoms with Crippen molar-refractivity contribution in [2.75, 3.05) is 0 Å². The molecule has 4 nitrogen and oxygen atoms in total. The number of aromatic nitrogens is 3. The van der Waals surface area contributed by atoms with Crippen molar-refractivity contribution >= 4 is 11.6 Å². The summed E-state index contributed by atoms with van der Waals surface area (Å²) in [5.74, 6) is 0. The first-order valence-electron chi connectivity index (χ1n) is 10.8. The molecule has 0 aliphatic carbocycles. The number of rotatable bonds is 5. The molecule has 21 heavy (non-hydrogen) atoms. The van der Waals surface area contributed by atoms with Gasteiger partial charge in [-0.2, -0.15) is 5.10 Å². The Morgan fingerprint density at radius 2 is 2.00 bits per heavy atom. The quantitative estimate of drug-likeness (QED) is 0.920. The third kappa shape index (κ3) is 4.05. The Balaban J connectivity index is 2.67. The second-order valence-corrected chi connectivity index (χ2v) is 5.44. The summed E-state index contributed by atoms with van der Waals surface area (Å²) in [5.41, 5.74) is -5.55. The monoisotopic (exact) mass is 316 g/mol. The summed E-state index contributed by atoms with van der Waals surface area (Å²) in [5, 5.41) is 15.9. The standard InChI is InChI=1S/C16H22ClN3O/c1-15(2,3)16(21,10-20-12-18-11-19-20)9-8-13-4-6-14(17)7-5-13/h4-7,11-12,21H,8-10H2,1-3H3/i1D3,2D3,3D3. The molecule has 0 aliphatic rings. The molecule has 1 heterocycles. The number of aliphatic hydroxyl groups is 1. The molecule has 0 saturated carbocycles. The minimum Gasteiger partial charge on any atom is -0.387 e. The van der Waals surface area contributed by atoms with E-state index in [4.69, 9.17) is 23.9 Å². The molecule has 0 spiro atoms. The predicted molar refractivity (Wildman–Crippen MR) is 84.2 cm³/mol. The summed E-state index contributed by atoms with van der Waals surface area (Å²) in [6, 6.07) is 6.41. The van der Waals surface area contributed by atoms with Crippen LogP contribution in [-0.4, -0.2) is 25.5 Å². The lowest BCUT2D eigenvalue weighted by Gasteiger charge is -2.40. The van der Waals surface area contributed by atoms with Gasteiger partial charge in [0.2, 0.25) is 0 Å². The minimum absolute atomic E-state index is 0.00631. The van der Waals surface area contributed by atoms with Crippen LogP contribution in [0.25, 0.3) is 0 Å². The van der Waals surface area contributed by atoms with Crippen LogP contribution in [0.3, 0.4) is 0 Å². The molecule has 2 aromatic rings. The van der Waals surface area contributed by atoms with Gasteiger partial charge in [0.25, 0.3) is 0 Å². The molecular weight excluding hydrogens is 286 g/mol. The Morgan fingerprint density at radius 1 is 1.29 bits per heavy atom. The van der Waals surface area contributed by atoms with Gasteiger partial charge >= 0.3 is 0 Å². The van der Waals surface area contributed by atoms with E-state index in [9.17, 15) is 5.11 Å². The van der Waals surface area contributed by atoms with Crippen LogP contribution in [0, 0.1) is 5.41 Å². The van der Waals surface area contributed by atoms with E-state index >= 15 is 0 Å². The molecule has 0 saturated heterocycles. The van der Waals surface area contributed by atoms with Gasteiger partial charge in [0.15, 0.2) is 0 Å². The number of hydrogen-bond donors (Lipinski definition) is 1. The molecule has 114 valence electrons. The molecule has 1 aromatic heterocycles. The van der Waals surface area contributed by atoms with Crippen molar-refractivity contribution in [2.24, 2.45) is 5.41 Å². The maximum absolute atomic E-state index is 11.6. The van der Waals surface area contributed by atoms with Crippen LogP contribution < -0.4 is 0 Å². The van der Waals surface area contributed by atoms with Gasteiger partial charge in [-0.3, -0.25) is 4.68 Å². The summed E-state index contributed by atoms with van der Waals surface area (Å²) in [6.07, 6.45) is 1.80. The second-order valence-electron chi connectivity index (χ2n) is 5.00. The zero-order valence-corrected chi connectivity index (χ0v) is 12.0. The topological polar surface area (TPSA) is 50.9 Å². The highest BCUT2D eigenvalue weighted by Gasteiger charge is 2.40. The Morgan fingerprint density at radius 3 is 2.57 bits per heavy atom. The second kappa shape index (κ2) is 6.16. The average molecular weight is 317 g/mol. The molecule has 1 aromatic carbocycles. The van der Waals surface area contributed by atoms with Gasteiger partial charge in [-0.25, -0.2) is 4.98 Å². The number of benzene rings is 1. The number of aryl methyl sites for hydroxylation is 1. The van der Waals surface area contributed by atoms with Gasteiger partial charge < -0.3 is 5.11 Å². The van der Waals surface area contributed by atoms with E-state index in [1.165, 1.54) is 0 Å². The van der Waals surface area contributed by atoms with E-state index < -0.39 is 44.5 Å². The van der Waals surface area contributed by atoms with E-state index in [2.05, 4.69) is 10.1 Å². The van der Waals surface area contributed by atoms with Crippen molar-refractivity contribution in [2.45, 2.75) is 45.5 Å². The van der Waals surface area contributed by atoms with Gasteiger partial charge in [-0.1, -0.05) is 44.3 Å². The predicted octanol–water partition coefficient (Wildman–Crippen LogP) is 3.34. The van der Waals surface area contributed by atoms with Crippen molar-refractivity contribution in [1.29, 1.82) is 0 Å². The molecule has 1 N–H and O–H groups in total. The van der Waals surface area contributed by atoms with Crippen LogP contribution in [0.4, 0.5) is 0 Å². The van der Waals surface area contributed by atoms with E-state index in [1.54, 1.807) is 24.3 Å². The Kier molecular flexibility index (Phi) is 2.27. The molecule has 1 atom stereocenters. The molecule has 0 fully saturated rings. The van der Waals surface area contributed by atoms with Gasteiger partial charge in [0.1, 0.15) is 12.7 Å². The lowest BCUT2D eigenvalue weighted by atomic mass is 9.73. The Labute approximate surface area is 143 Å². The Hall–Kier alpha value is -1.39. The number of halogens is 1. The van der Waals surface area contributed by atoms with Crippen LogP contribution in [0.2, 0.25) is 5.02 Å². The lowest BCUT2D eigenvalue weighted by Crippen LogP contribution is -2.47. The van der Waals surface area contributed by atoms with Crippen molar-refractivity contribution in [3.05, 3.63) is 47.5 Å². The molecule has 0 radical (unpaired) electrons. The fourth-order valence-corrected chi connectivity index (χ4v) is 2.10. The third-order valence-corrected chi connectivity index (χ3v) is 3.58. The van der Waals surface area contributed by atoms with E-state index in [1.807, 2.05) is 0 Å². The zero-order chi connectivity index (χ0) is 23.0. The molecule has 2 rings (SSSR count). The normalized spacial score (nSPS) is 23.0. The van der Waals surface area contributed by atoms with Gasteiger partial charge in [0.05, 0.1) is 12.1 Å². The number of nitrogens with zero attached hydrogens (tertiary/aromatic N) is 3. The van der Waals surface area contributed by atoms with Gasteiger partial charge in [0, 0.05) is 17.4 Å². The summed E-state index contributed by atoms with van der Waals surface area (Å²) >= 11 is 5.86. The number of hydrogen-bond acceptors (Lipinski definition) is 3. The maximum Gasteiger partial charge on any atom is 0.137 e. The zero-order valence-electron chi connectivity index (χ0n) is 20.3. The van der Waals surface area contributed by atoms with Crippen LogP contribution in [-0.2, 0) is 13.0 Å². The highest BCUT2D eigenvalue weighted by molar-refractivity contribution is 6.30. The Bertz CT molecular complexity index is 796. The third-order valence-electron chi connectivity index (χ3n) is 3.33. The van der Waals surface area contributed by atoms with Gasteiger partial charge in [-0.15, -0.1) is 0 Å². The van der Waals surface area contributed by atoms with Gasteiger partial charge in [-0.05, 0) is 36.0 Å². The van der Waals surface area contributed by atoms with E-state index in [-0.39, 0.29) is 6.42 Å². The highest BCUT2D eigenvalue weighted by atomic mass is 35.5. The average Bonchev–Trinajstić information content (AvgIpc) is 3.03.